The molecule has 1 unspecified atom stereocenters. The largest absolute Gasteiger partial charge is 0.617 e. The molecule has 0 saturated heterocycles. The smallest absolute Gasteiger partial charge is 0.258 e. The summed E-state index contributed by atoms with van der Waals surface area (Å²) in [6, 6.07) is 13.6. The van der Waals surface area contributed by atoms with Crippen LogP contribution in [0.15, 0.2) is 64.0 Å². The van der Waals surface area contributed by atoms with Gasteiger partial charge in [-0.05, 0) is 59.7 Å². The normalized spacial score (nSPS) is 13.9. The van der Waals surface area contributed by atoms with Crippen LogP contribution in [0.4, 0.5) is 5.69 Å². The first kappa shape index (κ1) is 26.7. The lowest BCUT2D eigenvalue weighted by atomic mass is 9.99. The standard InChI is InChI=1S/C29H34N4O3S/c1-4-11-32(12-5-2)28(34)24-17-23-7-6-21(18-26(23)31-27(30)19-24)20-8-9-25-22(16-20)10-13-33(29(25)35)14-15-37(3)36/h6-10,13,16-18H,4-5,11-12,14-15,19H2,1-3H3,(H2,30,31). The average molecular weight is 519 g/mol. The van der Waals surface area contributed by atoms with Gasteiger partial charge in [-0.15, -0.1) is 0 Å². The van der Waals surface area contributed by atoms with E-state index in [0.717, 1.165) is 53.7 Å². The molecule has 0 radical (unpaired) electrons. The fourth-order valence-electron chi connectivity index (χ4n) is 4.64. The number of carbonyl (C=O) groups excluding carboxylic acids is 1. The van der Waals surface area contributed by atoms with Gasteiger partial charge in [0.1, 0.15) is 11.6 Å². The second-order valence-electron chi connectivity index (χ2n) is 9.41. The molecule has 1 atom stereocenters. The molecule has 2 aromatic carbocycles. The van der Waals surface area contributed by atoms with Gasteiger partial charge in [0.2, 0.25) is 5.91 Å². The van der Waals surface area contributed by atoms with Crippen molar-refractivity contribution in [1.29, 1.82) is 0 Å². The molecular formula is C29H34N4O3S. The Morgan fingerprint density at radius 3 is 2.51 bits per heavy atom. The lowest BCUT2D eigenvalue weighted by Crippen LogP contribution is -2.34. The van der Waals surface area contributed by atoms with E-state index in [1.807, 2.05) is 53.4 Å². The van der Waals surface area contributed by atoms with Crippen molar-refractivity contribution in [3.05, 3.63) is 70.2 Å². The molecule has 1 amide bonds. The summed E-state index contributed by atoms with van der Waals surface area (Å²) in [5.74, 6) is 0.874. The molecule has 3 aromatic rings. The number of fused-ring (bicyclic) bond motifs is 2. The minimum Gasteiger partial charge on any atom is -0.617 e. The topological polar surface area (TPSA) is 104 Å². The van der Waals surface area contributed by atoms with E-state index in [1.54, 1.807) is 17.0 Å². The van der Waals surface area contributed by atoms with Gasteiger partial charge in [0.15, 0.2) is 0 Å². The highest BCUT2D eigenvalue weighted by Crippen LogP contribution is 2.33. The molecule has 0 bridgehead atoms. The number of nitrogens with zero attached hydrogens (tertiary/aromatic N) is 3. The second-order valence-corrected chi connectivity index (χ2v) is 11.0. The SMILES string of the molecule is CCCN(CCC)C(=O)C1=Cc2ccc(-c3ccc4c(=O)n(CC[S+](C)[O-])ccc4c3)cc2N=C(N)C1. The van der Waals surface area contributed by atoms with Crippen LogP contribution in [0.5, 0.6) is 0 Å². The number of amides is 1. The summed E-state index contributed by atoms with van der Waals surface area (Å²) in [6.07, 6.45) is 7.44. The van der Waals surface area contributed by atoms with Gasteiger partial charge in [-0.25, -0.2) is 4.99 Å². The third-order valence-electron chi connectivity index (χ3n) is 6.47. The third kappa shape index (κ3) is 6.14. The zero-order chi connectivity index (χ0) is 26.5. The van der Waals surface area contributed by atoms with Crippen molar-refractivity contribution in [3.8, 4) is 11.1 Å². The summed E-state index contributed by atoms with van der Waals surface area (Å²) >= 11 is -0.956. The number of pyridine rings is 1. The molecule has 0 fully saturated rings. The van der Waals surface area contributed by atoms with Crippen molar-refractivity contribution < 1.29 is 9.35 Å². The van der Waals surface area contributed by atoms with Gasteiger partial charge < -0.3 is 19.8 Å². The van der Waals surface area contributed by atoms with Crippen molar-refractivity contribution in [2.24, 2.45) is 10.7 Å². The number of aliphatic imine (C=N–C) groups is 1. The highest BCUT2D eigenvalue weighted by Gasteiger charge is 2.21. The van der Waals surface area contributed by atoms with E-state index in [9.17, 15) is 14.1 Å². The Morgan fingerprint density at radius 1 is 1.11 bits per heavy atom. The molecule has 0 spiro atoms. The number of nitrogens with two attached hydrogens (primary N) is 1. The van der Waals surface area contributed by atoms with Crippen LogP contribution in [-0.2, 0) is 22.5 Å². The molecule has 0 aliphatic carbocycles. The lowest BCUT2D eigenvalue weighted by molar-refractivity contribution is -0.127. The first-order chi connectivity index (χ1) is 17.8. The number of rotatable bonds is 9. The summed E-state index contributed by atoms with van der Waals surface area (Å²) in [4.78, 5) is 32.6. The van der Waals surface area contributed by atoms with Gasteiger partial charge in [0.25, 0.3) is 5.56 Å². The van der Waals surface area contributed by atoms with E-state index in [1.165, 1.54) is 0 Å². The van der Waals surface area contributed by atoms with E-state index < -0.39 is 11.2 Å². The van der Waals surface area contributed by atoms with E-state index in [2.05, 4.69) is 18.8 Å². The van der Waals surface area contributed by atoms with Crippen molar-refractivity contribution in [1.82, 2.24) is 9.47 Å². The summed E-state index contributed by atoms with van der Waals surface area (Å²) < 4.78 is 13.0. The van der Waals surface area contributed by atoms with E-state index >= 15 is 0 Å². The van der Waals surface area contributed by atoms with Crippen LogP contribution in [-0.4, -0.2) is 50.9 Å². The van der Waals surface area contributed by atoms with E-state index in [4.69, 9.17) is 5.73 Å². The van der Waals surface area contributed by atoms with Crippen LogP contribution in [0.1, 0.15) is 38.7 Å². The molecule has 194 valence electrons. The molecule has 1 aromatic heterocycles. The van der Waals surface area contributed by atoms with Crippen LogP contribution in [0.25, 0.3) is 28.0 Å². The monoisotopic (exact) mass is 518 g/mol. The van der Waals surface area contributed by atoms with Crippen LogP contribution < -0.4 is 11.3 Å². The van der Waals surface area contributed by atoms with Crippen LogP contribution in [0.2, 0.25) is 0 Å². The maximum absolute atomic E-state index is 13.2. The Balaban J connectivity index is 1.66. The van der Waals surface area contributed by atoms with Gasteiger partial charge in [-0.2, -0.15) is 0 Å². The number of benzene rings is 2. The number of aromatic nitrogens is 1. The van der Waals surface area contributed by atoms with Gasteiger partial charge in [0, 0.05) is 42.2 Å². The van der Waals surface area contributed by atoms with Crippen molar-refractivity contribution in [2.75, 3.05) is 25.1 Å². The first-order valence-corrected chi connectivity index (χ1v) is 14.4. The molecule has 37 heavy (non-hydrogen) atoms. The van der Waals surface area contributed by atoms with Gasteiger partial charge in [-0.3, -0.25) is 9.59 Å². The second kappa shape index (κ2) is 11.8. The quantitative estimate of drug-likeness (QED) is 0.422. The van der Waals surface area contributed by atoms with Gasteiger partial charge in [-0.1, -0.05) is 43.2 Å². The Labute approximate surface area is 220 Å². The molecule has 1 aliphatic heterocycles. The molecule has 1 aliphatic rings. The summed E-state index contributed by atoms with van der Waals surface area (Å²) in [5.41, 5.74) is 10.3. The maximum atomic E-state index is 13.2. The lowest BCUT2D eigenvalue weighted by Gasteiger charge is -2.22. The summed E-state index contributed by atoms with van der Waals surface area (Å²) in [7, 11) is 0. The minimum absolute atomic E-state index is 0.0177. The average Bonchev–Trinajstić information content (AvgIpc) is 3.04. The fourth-order valence-corrected chi connectivity index (χ4v) is 5.09. The van der Waals surface area contributed by atoms with Crippen LogP contribution in [0.3, 0.4) is 0 Å². The molecule has 0 saturated carbocycles. The molecule has 2 heterocycles. The Kier molecular flexibility index (Phi) is 8.51. The Morgan fingerprint density at radius 2 is 1.81 bits per heavy atom. The number of amidine groups is 1. The summed E-state index contributed by atoms with van der Waals surface area (Å²) in [5, 5.41) is 1.47. The van der Waals surface area contributed by atoms with Gasteiger partial charge >= 0.3 is 0 Å². The molecule has 7 nitrogen and oxygen atoms in total. The summed E-state index contributed by atoms with van der Waals surface area (Å²) in [6.45, 7) is 6.01. The number of hydrogen-bond acceptors (Lipinski definition) is 5. The molecule has 2 N–H and O–H groups in total. The minimum atomic E-state index is -0.956. The number of aryl methyl sites for hydroxylation is 1. The maximum Gasteiger partial charge on any atom is 0.258 e. The Hall–Kier alpha value is -3.36. The highest BCUT2D eigenvalue weighted by molar-refractivity contribution is 7.90. The zero-order valence-electron chi connectivity index (χ0n) is 21.7. The predicted molar refractivity (Wildman–Crippen MR) is 154 cm³/mol. The molecule has 4 rings (SSSR count). The number of hydrogen-bond donors (Lipinski definition) is 1. The van der Waals surface area contributed by atoms with E-state index in [-0.39, 0.29) is 11.5 Å². The zero-order valence-corrected chi connectivity index (χ0v) is 22.5. The third-order valence-corrected chi connectivity index (χ3v) is 7.23. The molecule has 8 heteroatoms. The van der Waals surface area contributed by atoms with Gasteiger partial charge in [0.05, 0.1) is 18.5 Å². The predicted octanol–water partition coefficient (Wildman–Crippen LogP) is 4.47. The first-order valence-electron chi connectivity index (χ1n) is 12.7. The van der Waals surface area contributed by atoms with Crippen molar-refractivity contribution >= 4 is 45.5 Å². The Bertz CT molecular complexity index is 1420. The molecular weight excluding hydrogens is 484 g/mol. The fraction of sp³-hybridized carbons (Fsp3) is 0.345. The van der Waals surface area contributed by atoms with E-state index in [0.29, 0.717) is 35.5 Å². The number of carbonyl (C=O) groups is 1. The van der Waals surface area contributed by atoms with Crippen molar-refractivity contribution in [2.45, 2.75) is 39.7 Å². The van der Waals surface area contributed by atoms with Crippen molar-refractivity contribution in [3.63, 3.8) is 0 Å². The highest BCUT2D eigenvalue weighted by atomic mass is 32.2. The van der Waals surface area contributed by atoms with Crippen LogP contribution in [0, 0.1) is 0 Å². The van der Waals surface area contributed by atoms with Crippen LogP contribution >= 0.6 is 0 Å².